The first-order valence-electron chi connectivity index (χ1n) is 13.4. The first kappa shape index (κ1) is 23.4. The number of likely N-dealkylation sites (N-methyl/N-ethyl adjacent to an activating group) is 1. The van der Waals surface area contributed by atoms with Gasteiger partial charge in [-0.3, -0.25) is 0 Å². The number of anilines is 1. The second-order valence-electron chi connectivity index (χ2n) is 10.9. The third-order valence-corrected chi connectivity index (χ3v) is 8.46. The van der Waals surface area contributed by atoms with Crippen molar-refractivity contribution in [1.82, 2.24) is 25.2 Å². The second kappa shape index (κ2) is 9.22. The smallest absolute Gasteiger partial charge is 0.319 e. The summed E-state index contributed by atoms with van der Waals surface area (Å²) in [5, 5.41) is 14.5. The molecule has 3 fully saturated rings. The summed E-state index contributed by atoms with van der Waals surface area (Å²) in [6.45, 7) is 3.19. The quantitative estimate of drug-likeness (QED) is 0.415. The molecule has 9 heteroatoms. The minimum atomic E-state index is -0.407. The van der Waals surface area contributed by atoms with Crippen LogP contribution in [0.1, 0.15) is 31.2 Å². The van der Waals surface area contributed by atoms with E-state index in [-0.39, 0.29) is 11.5 Å². The Hall–Kier alpha value is -3.74. The van der Waals surface area contributed by atoms with Gasteiger partial charge in [0.05, 0.1) is 11.6 Å². The minimum Gasteiger partial charge on any atom is -0.462 e. The van der Waals surface area contributed by atoms with E-state index in [0.29, 0.717) is 46.8 Å². The zero-order chi connectivity index (χ0) is 25.8. The lowest BCUT2D eigenvalue weighted by atomic mass is 10.0. The fraction of sp³-hybridized carbons (Fsp3) is 0.414. The van der Waals surface area contributed by atoms with E-state index in [0.717, 1.165) is 62.0 Å². The number of aromatic amines is 1. The highest BCUT2D eigenvalue weighted by Crippen LogP contribution is 2.37. The third-order valence-electron chi connectivity index (χ3n) is 8.46. The molecule has 38 heavy (non-hydrogen) atoms. The van der Waals surface area contributed by atoms with E-state index in [1.807, 2.05) is 12.1 Å². The molecule has 4 aromatic rings. The molecule has 0 saturated carbocycles. The van der Waals surface area contributed by atoms with Crippen molar-refractivity contribution in [2.24, 2.45) is 0 Å². The molecule has 194 valence electrons. The molecule has 8 nitrogen and oxygen atoms in total. The fourth-order valence-electron chi connectivity index (χ4n) is 6.38. The summed E-state index contributed by atoms with van der Waals surface area (Å²) in [6.07, 6.45) is 6.30. The highest BCUT2D eigenvalue weighted by Gasteiger charge is 2.34. The number of hydrogen-bond acceptors (Lipinski definition) is 7. The average Bonchev–Trinajstić information content (AvgIpc) is 3.64. The summed E-state index contributed by atoms with van der Waals surface area (Å²) >= 11 is 0. The summed E-state index contributed by atoms with van der Waals surface area (Å²) in [4.78, 5) is 17.2. The molecule has 7 rings (SSSR count). The van der Waals surface area contributed by atoms with Crippen LogP contribution in [-0.2, 0) is 0 Å². The highest BCUT2D eigenvalue weighted by atomic mass is 19.1. The molecule has 2 aromatic heterocycles. The van der Waals surface area contributed by atoms with Crippen LogP contribution < -0.4 is 15.0 Å². The van der Waals surface area contributed by atoms with Crippen molar-refractivity contribution in [1.29, 1.82) is 5.26 Å². The molecule has 0 spiro atoms. The summed E-state index contributed by atoms with van der Waals surface area (Å²) in [6, 6.07) is 12.7. The van der Waals surface area contributed by atoms with Crippen molar-refractivity contribution in [2.75, 3.05) is 38.2 Å². The molecule has 2 bridgehead atoms. The number of nitrogens with zero attached hydrogens (tertiary/aromatic N) is 5. The van der Waals surface area contributed by atoms with E-state index in [2.05, 4.69) is 38.2 Å². The van der Waals surface area contributed by atoms with Gasteiger partial charge < -0.3 is 24.8 Å². The topological polar surface area (TPSA) is 93.1 Å². The third kappa shape index (κ3) is 3.96. The number of nitrogens with one attached hydrogen (secondary N) is 2. The maximum Gasteiger partial charge on any atom is 0.319 e. The van der Waals surface area contributed by atoms with Gasteiger partial charge in [-0.2, -0.15) is 15.2 Å². The number of rotatable bonds is 5. The Labute approximate surface area is 220 Å². The van der Waals surface area contributed by atoms with Crippen molar-refractivity contribution in [2.45, 2.75) is 43.8 Å². The maximum atomic E-state index is 16.4. The molecule has 5 heterocycles. The predicted molar refractivity (Wildman–Crippen MR) is 145 cm³/mol. The van der Waals surface area contributed by atoms with E-state index < -0.39 is 5.82 Å². The van der Waals surface area contributed by atoms with E-state index >= 15 is 4.39 Å². The Morgan fingerprint density at radius 3 is 2.68 bits per heavy atom. The number of hydrogen-bond donors (Lipinski definition) is 2. The first-order chi connectivity index (χ1) is 18.6. The van der Waals surface area contributed by atoms with Crippen molar-refractivity contribution >= 4 is 27.6 Å². The Morgan fingerprint density at radius 2 is 1.92 bits per heavy atom. The molecule has 3 aliphatic rings. The summed E-state index contributed by atoms with van der Waals surface area (Å²) in [5.74, 6) is 0.328. The number of ether oxygens (including phenoxy) is 1. The molecule has 3 aliphatic heterocycles. The lowest BCUT2D eigenvalue weighted by molar-refractivity contribution is 0.188. The molecule has 0 radical (unpaired) electrons. The Balaban J connectivity index is 1.34. The zero-order valence-corrected chi connectivity index (χ0v) is 21.4. The minimum absolute atomic E-state index is 0.223. The van der Waals surface area contributed by atoms with Gasteiger partial charge in [0.2, 0.25) is 0 Å². The standard InChI is InChI=1S/C29H30FN7O/c1-36-10-2-3-20(36)16-38-29-34-27-22(28(35-29)37-14-18-5-6-19(15-37)33-18)8-7-21(26(27)30)24-13-32-25-9-4-17(12-31)11-23(24)25/h4,7-9,11,13,18-20,32-33H,2-3,5-6,10,14-16H2,1H3/t18?,19?,20-/m0/s1. The van der Waals surface area contributed by atoms with Crippen LogP contribution in [0.25, 0.3) is 32.9 Å². The number of likely N-dealkylation sites (tertiary alicyclic amines) is 1. The normalized spacial score (nSPS) is 23.4. The van der Waals surface area contributed by atoms with E-state index in [1.54, 1.807) is 24.4 Å². The number of aromatic nitrogens is 3. The van der Waals surface area contributed by atoms with Crippen LogP contribution in [-0.4, -0.2) is 71.3 Å². The van der Waals surface area contributed by atoms with Gasteiger partial charge in [0.15, 0.2) is 5.82 Å². The van der Waals surface area contributed by atoms with Gasteiger partial charge in [-0.1, -0.05) is 6.07 Å². The monoisotopic (exact) mass is 511 g/mol. The molecule has 2 N–H and O–H groups in total. The number of piperazine rings is 1. The number of fused-ring (bicyclic) bond motifs is 4. The van der Waals surface area contributed by atoms with Crippen molar-refractivity contribution < 1.29 is 9.13 Å². The number of nitriles is 1. The molecule has 2 aromatic carbocycles. The van der Waals surface area contributed by atoms with E-state index in [9.17, 15) is 5.26 Å². The van der Waals surface area contributed by atoms with Crippen molar-refractivity contribution in [3.8, 4) is 23.2 Å². The lowest BCUT2D eigenvalue weighted by Gasteiger charge is -2.34. The number of H-pyrrole nitrogens is 1. The second-order valence-corrected chi connectivity index (χ2v) is 10.9. The van der Waals surface area contributed by atoms with Crippen LogP contribution >= 0.6 is 0 Å². The molecular weight excluding hydrogens is 481 g/mol. The summed E-state index contributed by atoms with van der Waals surface area (Å²) in [5.41, 5.74) is 2.78. The van der Waals surface area contributed by atoms with Gasteiger partial charge in [-0.05, 0) is 63.5 Å². The first-order valence-corrected chi connectivity index (χ1v) is 13.4. The molecule has 0 amide bonds. The van der Waals surface area contributed by atoms with Crippen LogP contribution in [0.4, 0.5) is 10.2 Å². The van der Waals surface area contributed by atoms with Crippen LogP contribution in [0.3, 0.4) is 0 Å². The van der Waals surface area contributed by atoms with Gasteiger partial charge in [-0.25, -0.2) is 4.39 Å². The lowest BCUT2D eigenvalue weighted by Crippen LogP contribution is -2.51. The molecule has 3 atom stereocenters. The van der Waals surface area contributed by atoms with Gasteiger partial charge in [0.1, 0.15) is 17.9 Å². The molecule has 2 unspecified atom stereocenters. The Kier molecular flexibility index (Phi) is 5.68. The van der Waals surface area contributed by atoms with Gasteiger partial charge in [0.25, 0.3) is 0 Å². The Morgan fingerprint density at radius 1 is 1.08 bits per heavy atom. The largest absolute Gasteiger partial charge is 0.462 e. The van der Waals surface area contributed by atoms with Crippen molar-refractivity contribution in [3.63, 3.8) is 0 Å². The van der Waals surface area contributed by atoms with Gasteiger partial charge in [0, 0.05) is 64.8 Å². The summed E-state index contributed by atoms with van der Waals surface area (Å²) < 4.78 is 22.5. The SMILES string of the molecule is CN1CCC[C@H]1COc1nc(N2CC3CCC(C2)N3)c2ccc(-c3c[nH]c4ccc(C#N)cc34)c(F)c2n1. The Bertz CT molecular complexity index is 1560. The average molecular weight is 512 g/mol. The number of benzene rings is 2. The van der Waals surface area contributed by atoms with Crippen molar-refractivity contribution in [3.05, 3.63) is 47.9 Å². The van der Waals surface area contributed by atoms with Gasteiger partial charge >= 0.3 is 6.01 Å². The molecule has 0 aliphatic carbocycles. The highest BCUT2D eigenvalue weighted by molar-refractivity contribution is 6.00. The van der Waals surface area contributed by atoms with Crippen LogP contribution in [0, 0.1) is 17.1 Å². The summed E-state index contributed by atoms with van der Waals surface area (Å²) in [7, 11) is 2.11. The maximum absolute atomic E-state index is 16.4. The van der Waals surface area contributed by atoms with Gasteiger partial charge in [-0.15, -0.1) is 0 Å². The predicted octanol–water partition coefficient (Wildman–Crippen LogP) is 4.20. The fourth-order valence-corrected chi connectivity index (χ4v) is 6.38. The number of halogens is 1. The van der Waals surface area contributed by atoms with E-state index in [1.165, 1.54) is 0 Å². The van der Waals surface area contributed by atoms with E-state index in [4.69, 9.17) is 9.72 Å². The zero-order valence-electron chi connectivity index (χ0n) is 21.4. The van der Waals surface area contributed by atoms with Crippen LogP contribution in [0.15, 0.2) is 36.5 Å². The molecular formula is C29H30FN7O. The van der Waals surface area contributed by atoms with Crippen LogP contribution in [0.5, 0.6) is 6.01 Å². The van der Waals surface area contributed by atoms with Crippen LogP contribution in [0.2, 0.25) is 0 Å². The molecule has 3 saturated heterocycles.